The van der Waals surface area contributed by atoms with Crippen molar-refractivity contribution in [1.29, 1.82) is 0 Å². The van der Waals surface area contributed by atoms with Crippen molar-refractivity contribution in [2.24, 2.45) is 0 Å². The quantitative estimate of drug-likeness (QED) is 0.248. The number of amides is 3. The predicted molar refractivity (Wildman–Crippen MR) is 118 cm³/mol. The van der Waals surface area contributed by atoms with E-state index in [0.29, 0.717) is 27.2 Å². The number of aromatic nitrogens is 4. The molecule has 1 aliphatic heterocycles. The lowest BCUT2D eigenvalue weighted by atomic mass is 10.1. The lowest BCUT2D eigenvalue weighted by Gasteiger charge is -2.12. The molecule has 0 saturated carbocycles. The van der Waals surface area contributed by atoms with E-state index in [1.807, 2.05) is 0 Å². The lowest BCUT2D eigenvalue weighted by Crippen LogP contribution is -2.37. The Morgan fingerprint density at radius 1 is 1.12 bits per heavy atom. The van der Waals surface area contributed by atoms with Gasteiger partial charge in [0.05, 0.1) is 16.8 Å². The van der Waals surface area contributed by atoms with Crippen molar-refractivity contribution < 1.29 is 18.9 Å². The Morgan fingerprint density at radius 2 is 1.85 bits per heavy atom. The van der Waals surface area contributed by atoms with Gasteiger partial charge in [-0.2, -0.15) is 0 Å². The third kappa shape index (κ3) is 4.03. The van der Waals surface area contributed by atoms with Gasteiger partial charge in [0, 0.05) is 17.9 Å². The number of imide groups is 1. The summed E-state index contributed by atoms with van der Waals surface area (Å²) in [5, 5.41) is 10.7. The summed E-state index contributed by atoms with van der Waals surface area (Å²) in [4.78, 5) is 54.5. The van der Waals surface area contributed by atoms with E-state index in [9.17, 15) is 19.2 Å². The van der Waals surface area contributed by atoms with Crippen LogP contribution in [-0.4, -0.2) is 48.9 Å². The molecule has 5 rings (SSSR count). The molecular formula is C20H14N6O5S2. The molecule has 0 spiro atoms. The second-order valence-corrected chi connectivity index (χ2v) is 9.24. The molecule has 3 aromatic heterocycles. The number of nitrogens with one attached hydrogen (secondary N) is 1. The van der Waals surface area contributed by atoms with E-state index < -0.39 is 24.3 Å². The van der Waals surface area contributed by atoms with E-state index in [1.54, 1.807) is 37.3 Å². The van der Waals surface area contributed by atoms with E-state index in [1.165, 1.54) is 17.8 Å². The Morgan fingerprint density at radius 3 is 2.58 bits per heavy atom. The molecule has 4 aromatic rings. The third-order valence-electron chi connectivity index (χ3n) is 4.70. The molecule has 33 heavy (non-hydrogen) atoms. The summed E-state index contributed by atoms with van der Waals surface area (Å²) in [7, 11) is 0. The monoisotopic (exact) mass is 482 g/mol. The molecule has 0 unspecified atom stereocenters. The molecule has 0 saturated heterocycles. The van der Waals surface area contributed by atoms with Crippen LogP contribution in [0.4, 0.5) is 5.13 Å². The minimum atomic E-state index is -0.562. The SMILES string of the molecule is Cc1cc2nc(CSc3nnc(NC(=O)CN4C(=O)c5ccccc5C4=O)s3)cc(=O)n2o1. The van der Waals surface area contributed by atoms with Crippen LogP contribution in [0.1, 0.15) is 32.2 Å². The second kappa shape index (κ2) is 8.26. The molecule has 0 bridgehead atoms. The maximum absolute atomic E-state index is 12.4. The largest absolute Gasteiger partial charge is 0.375 e. The molecule has 4 heterocycles. The fourth-order valence-corrected chi connectivity index (χ4v) is 4.95. The topological polar surface area (TPSA) is 140 Å². The summed E-state index contributed by atoms with van der Waals surface area (Å²) < 4.78 is 6.94. The van der Waals surface area contributed by atoms with Gasteiger partial charge in [0.2, 0.25) is 11.0 Å². The Balaban J connectivity index is 1.20. The molecule has 3 amide bonds. The summed E-state index contributed by atoms with van der Waals surface area (Å²) in [5.41, 5.74) is 1.22. The molecule has 0 aliphatic carbocycles. The first-order valence-corrected chi connectivity index (χ1v) is 11.4. The Kier molecular flexibility index (Phi) is 5.26. The van der Waals surface area contributed by atoms with Gasteiger partial charge in [-0.15, -0.1) is 14.8 Å². The van der Waals surface area contributed by atoms with Crippen LogP contribution < -0.4 is 10.9 Å². The number of fused-ring (bicyclic) bond motifs is 2. The number of carbonyl (C=O) groups excluding carboxylic acids is 3. The number of hydrogen-bond acceptors (Lipinski definition) is 10. The van der Waals surface area contributed by atoms with Crippen molar-refractivity contribution in [2.75, 3.05) is 11.9 Å². The summed E-state index contributed by atoms with van der Waals surface area (Å²) in [5.74, 6) is -0.629. The minimum Gasteiger partial charge on any atom is -0.375 e. The first kappa shape index (κ1) is 21.0. The van der Waals surface area contributed by atoms with Gasteiger partial charge >= 0.3 is 0 Å². The predicted octanol–water partition coefficient (Wildman–Crippen LogP) is 1.97. The molecule has 13 heteroatoms. The van der Waals surface area contributed by atoms with E-state index in [-0.39, 0.29) is 21.8 Å². The molecule has 11 nitrogen and oxygen atoms in total. The maximum atomic E-state index is 12.4. The van der Waals surface area contributed by atoms with Gasteiger partial charge in [-0.05, 0) is 19.1 Å². The van der Waals surface area contributed by atoms with E-state index in [2.05, 4.69) is 20.5 Å². The highest BCUT2D eigenvalue weighted by Gasteiger charge is 2.36. The fourth-order valence-electron chi connectivity index (χ4n) is 3.29. The number of anilines is 1. The van der Waals surface area contributed by atoms with Crippen LogP contribution in [0.3, 0.4) is 0 Å². The number of thioether (sulfide) groups is 1. The van der Waals surface area contributed by atoms with Crippen molar-refractivity contribution in [3.05, 3.63) is 69.3 Å². The Bertz CT molecular complexity index is 1450. The van der Waals surface area contributed by atoms with Crippen LogP contribution in [0, 0.1) is 6.92 Å². The molecule has 166 valence electrons. The maximum Gasteiger partial charge on any atom is 0.287 e. The molecule has 0 atom stereocenters. The summed E-state index contributed by atoms with van der Waals surface area (Å²) >= 11 is 2.43. The molecule has 1 aromatic carbocycles. The Labute approximate surface area is 193 Å². The van der Waals surface area contributed by atoms with Gasteiger partial charge in [0.25, 0.3) is 17.4 Å². The van der Waals surface area contributed by atoms with Crippen molar-refractivity contribution in [3.8, 4) is 0 Å². The van der Waals surface area contributed by atoms with E-state index in [4.69, 9.17) is 4.52 Å². The van der Waals surface area contributed by atoms with Crippen LogP contribution >= 0.6 is 23.1 Å². The van der Waals surface area contributed by atoms with Crippen LogP contribution in [0.2, 0.25) is 0 Å². The van der Waals surface area contributed by atoms with E-state index >= 15 is 0 Å². The number of benzene rings is 1. The average Bonchev–Trinajstić information content (AvgIpc) is 3.46. The highest BCUT2D eigenvalue weighted by atomic mass is 32.2. The van der Waals surface area contributed by atoms with Crippen LogP contribution in [0.5, 0.6) is 0 Å². The van der Waals surface area contributed by atoms with Crippen LogP contribution in [0.15, 0.2) is 50.1 Å². The molecule has 1 aliphatic rings. The highest BCUT2D eigenvalue weighted by molar-refractivity contribution is 8.00. The fraction of sp³-hybridized carbons (Fsp3) is 0.150. The van der Waals surface area contributed by atoms with Crippen molar-refractivity contribution in [3.63, 3.8) is 0 Å². The van der Waals surface area contributed by atoms with Gasteiger partial charge in [-0.1, -0.05) is 35.2 Å². The second-order valence-electron chi connectivity index (χ2n) is 7.04. The van der Waals surface area contributed by atoms with Crippen LogP contribution in [-0.2, 0) is 10.5 Å². The van der Waals surface area contributed by atoms with Gasteiger partial charge in [0.1, 0.15) is 12.3 Å². The summed E-state index contributed by atoms with van der Waals surface area (Å²) in [6.45, 7) is 1.31. The number of hydrogen-bond donors (Lipinski definition) is 1. The zero-order chi connectivity index (χ0) is 23.1. The standard InChI is InChI=1S/C20H14N6O5S2/c1-10-6-14-21-11(7-16(28)26(14)31-10)9-32-20-24-23-19(33-20)22-15(27)8-25-17(29)12-4-2-3-5-13(12)18(25)30/h2-7H,8-9H2,1H3,(H,22,23,27). The number of aryl methyl sites for hydroxylation is 1. The normalized spacial score (nSPS) is 13.1. The van der Waals surface area contributed by atoms with Crippen LogP contribution in [0.25, 0.3) is 5.65 Å². The van der Waals surface area contributed by atoms with E-state index in [0.717, 1.165) is 20.8 Å². The molecule has 0 fully saturated rings. The third-order valence-corrected chi connectivity index (χ3v) is 6.71. The Hall–Kier alpha value is -3.84. The van der Waals surface area contributed by atoms with Crippen molar-refractivity contribution >= 4 is 51.6 Å². The first-order valence-electron chi connectivity index (χ1n) is 9.60. The number of nitrogens with zero attached hydrogens (tertiary/aromatic N) is 5. The van der Waals surface area contributed by atoms with Gasteiger partial charge in [-0.25, -0.2) is 4.98 Å². The number of rotatable bonds is 6. The van der Waals surface area contributed by atoms with Gasteiger partial charge < -0.3 is 4.52 Å². The zero-order valence-corrected chi connectivity index (χ0v) is 18.6. The molecule has 0 radical (unpaired) electrons. The molecular weight excluding hydrogens is 468 g/mol. The zero-order valence-electron chi connectivity index (χ0n) is 17.0. The molecule has 1 N–H and O–H groups in total. The van der Waals surface area contributed by atoms with Crippen molar-refractivity contribution in [1.82, 2.24) is 24.7 Å². The minimum absolute atomic E-state index is 0.230. The highest BCUT2D eigenvalue weighted by Crippen LogP contribution is 2.28. The van der Waals surface area contributed by atoms with Gasteiger partial charge in [-0.3, -0.25) is 29.4 Å². The smallest absolute Gasteiger partial charge is 0.287 e. The number of carbonyl (C=O) groups is 3. The van der Waals surface area contributed by atoms with Crippen molar-refractivity contribution in [2.45, 2.75) is 17.0 Å². The summed E-state index contributed by atoms with van der Waals surface area (Å²) in [6, 6.07) is 9.48. The van der Waals surface area contributed by atoms with Gasteiger partial charge in [0.15, 0.2) is 9.99 Å². The summed E-state index contributed by atoms with van der Waals surface area (Å²) in [6.07, 6.45) is 0. The first-order chi connectivity index (χ1) is 15.9. The lowest BCUT2D eigenvalue weighted by molar-refractivity contribution is -0.116. The average molecular weight is 483 g/mol.